The lowest BCUT2D eigenvalue weighted by molar-refractivity contribution is 0.903. The lowest BCUT2D eigenvalue weighted by Crippen LogP contribution is -2.33. The first-order valence-corrected chi connectivity index (χ1v) is 7.64. The first-order valence-electron chi connectivity index (χ1n) is 7.64. The Hall–Kier alpha value is -3.00. The van der Waals surface area contributed by atoms with Crippen LogP contribution in [0.1, 0.15) is 37.4 Å². The minimum atomic E-state index is 0.605. The van der Waals surface area contributed by atoms with E-state index in [9.17, 15) is 0 Å². The van der Waals surface area contributed by atoms with Gasteiger partial charge in [0.05, 0.1) is 5.57 Å². The smallest absolute Gasteiger partial charge is 0.143 e. The van der Waals surface area contributed by atoms with Gasteiger partial charge in [-0.25, -0.2) is 9.97 Å². The van der Waals surface area contributed by atoms with E-state index in [1.807, 2.05) is 30.9 Å². The summed E-state index contributed by atoms with van der Waals surface area (Å²) < 4.78 is 0. The highest BCUT2D eigenvalue weighted by molar-refractivity contribution is 6.09. The van der Waals surface area contributed by atoms with Crippen LogP contribution in [0.3, 0.4) is 0 Å². The molecule has 23 heavy (non-hydrogen) atoms. The van der Waals surface area contributed by atoms with E-state index in [1.54, 1.807) is 12.4 Å². The lowest BCUT2D eigenvalue weighted by atomic mass is 9.95. The minimum absolute atomic E-state index is 0.605. The maximum atomic E-state index is 6.39. The standard InChI is InChI=1S/C18H19N5/c1-4-6-7-13-8-9-14-12(3)15(17-20-10-11-21-17)16(19)23(5-2)18(14)22-13/h8-11H,3-5,19H2,1-2H3,(H,20,21). The number of allylic oxidation sites excluding steroid dienone is 2. The molecule has 116 valence electrons. The molecular formula is C18H19N5. The van der Waals surface area contributed by atoms with Gasteiger partial charge in [0.1, 0.15) is 23.2 Å². The highest BCUT2D eigenvalue weighted by Gasteiger charge is 2.28. The molecule has 3 N–H and O–H groups in total. The summed E-state index contributed by atoms with van der Waals surface area (Å²) in [6.07, 6.45) is 4.28. The van der Waals surface area contributed by atoms with Crippen LogP contribution in [0.5, 0.6) is 0 Å². The average molecular weight is 305 g/mol. The Morgan fingerprint density at radius 3 is 2.83 bits per heavy atom. The van der Waals surface area contributed by atoms with E-state index in [4.69, 9.17) is 5.73 Å². The number of anilines is 1. The van der Waals surface area contributed by atoms with Gasteiger partial charge >= 0.3 is 0 Å². The van der Waals surface area contributed by atoms with Crippen molar-refractivity contribution in [3.63, 3.8) is 0 Å². The first kappa shape index (κ1) is 14.9. The van der Waals surface area contributed by atoms with Gasteiger partial charge in [-0.2, -0.15) is 0 Å². The zero-order chi connectivity index (χ0) is 16.4. The fourth-order valence-electron chi connectivity index (χ4n) is 2.66. The first-order chi connectivity index (χ1) is 11.2. The second kappa shape index (κ2) is 6.01. The molecule has 5 heteroatoms. The van der Waals surface area contributed by atoms with Crippen LogP contribution in [0, 0.1) is 11.8 Å². The van der Waals surface area contributed by atoms with Crippen molar-refractivity contribution < 1.29 is 0 Å². The van der Waals surface area contributed by atoms with Gasteiger partial charge in [-0.15, -0.1) is 0 Å². The fraction of sp³-hybridized carbons (Fsp3) is 0.222. The number of rotatable bonds is 2. The molecule has 0 unspecified atom stereocenters. The van der Waals surface area contributed by atoms with Crippen molar-refractivity contribution in [3.8, 4) is 11.8 Å². The van der Waals surface area contributed by atoms with E-state index in [0.29, 0.717) is 18.2 Å². The summed E-state index contributed by atoms with van der Waals surface area (Å²) in [4.78, 5) is 14.1. The van der Waals surface area contributed by atoms with Crippen molar-refractivity contribution in [2.75, 3.05) is 11.4 Å². The summed E-state index contributed by atoms with van der Waals surface area (Å²) in [5.74, 6) is 8.23. The number of aromatic nitrogens is 3. The molecule has 1 aliphatic heterocycles. The SMILES string of the molecule is C=C1C(c2ncc[nH]2)=C(N)N(CC)c2nc(C#CCC)ccc21. The number of imidazole rings is 1. The Morgan fingerprint density at radius 2 is 2.17 bits per heavy atom. The summed E-state index contributed by atoms with van der Waals surface area (Å²) in [7, 11) is 0. The van der Waals surface area contributed by atoms with Crippen molar-refractivity contribution in [2.24, 2.45) is 5.73 Å². The van der Waals surface area contributed by atoms with Gasteiger partial charge in [-0.3, -0.25) is 0 Å². The molecule has 0 aliphatic carbocycles. The Morgan fingerprint density at radius 1 is 1.35 bits per heavy atom. The van der Waals surface area contributed by atoms with Crippen molar-refractivity contribution >= 4 is 17.0 Å². The van der Waals surface area contributed by atoms with Gasteiger partial charge in [0.25, 0.3) is 0 Å². The molecule has 0 radical (unpaired) electrons. The maximum Gasteiger partial charge on any atom is 0.143 e. The zero-order valence-corrected chi connectivity index (χ0v) is 13.3. The number of hydrogen-bond acceptors (Lipinski definition) is 4. The third-order valence-corrected chi connectivity index (χ3v) is 3.75. The third-order valence-electron chi connectivity index (χ3n) is 3.75. The van der Waals surface area contributed by atoms with Gasteiger partial charge in [-0.1, -0.05) is 19.4 Å². The van der Waals surface area contributed by atoms with Crippen LogP contribution in [0.15, 0.2) is 36.9 Å². The molecule has 3 rings (SSSR count). The van der Waals surface area contributed by atoms with E-state index in [0.717, 1.165) is 34.6 Å². The van der Waals surface area contributed by atoms with E-state index in [-0.39, 0.29) is 0 Å². The molecule has 2 aromatic rings. The molecule has 2 aromatic heterocycles. The van der Waals surface area contributed by atoms with E-state index in [1.165, 1.54) is 0 Å². The molecule has 0 saturated heterocycles. The normalized spacial score (nSPS) is 13.7. The Kier molecular flexibility index (Phi) is 3.90. The Bertz CT molecular complexity index is 834. The van der Waals surface area contributed by atoms with Crippen molar-refractivity contribution in [3.05, 3.63) is 54.0 Å². The molecule has 0 spiro atoms. The second-order valence-corrected chi connectivity index (χ2v) is 5.14. The van der Waals surface area contributed by atoms with Crippen LogP contribution in [0.4, 0.5) is 5.82 Å². The van der Waals surface area contributed by atoms with E-state index < -0.39 is 0 Å². The molecule has 1 aliphatic rings. The van der Waals surface area contributed by atoms with Crippen molar-refractivity contribution in [2.45, 2.75) is 20.3 Å². The van der Waals surface area contributed by atoms with Crippen LogP contribution < -0.4 is 10.6 Å². The Labute approximate surface area is 136 Å². The molecular weight excluding hydrogens is 286 g/mol. The summed E-state index contributed by atoms with van der Waals surface area (Å²) in [6.45, 7) is 8.96. The largest absolute Gasteiger partial charge is 0.384 e. The minimum Gasteiger partial charge on any atom is -0.384 e. The second-order valence-electron chi connectivity index (χ2n) is 5.14. The number of nitrogens with two attached hydrogens (primary N) is 1. The number of hydrogen-bond donors (Lipinski definition) is 2. The summed E-state index contributed by atoms with van der Waals surface area (Å²) in [5.41, 5.74) is 9.72. The van der Waals surface area contributed by atoms with Crippen molar-refractivity contribution in [1.82, 2.24) is 15.0 Å². The molecule has 0 atom stereocenters. The van der Waals surface area contributed by atoms with Crippen LogP contribution in [-0.4, -0.2) is 21.5 Å². The molecule has 0 aromatic carbocycles. The van der Waals surface area contributed by atoms with Crippen molar-refractivity contribution in [1.29, 1.82) is 0 Å². The Balaban J connectivity index is 2.15. The average Bonchev–Trinajstić information content (AvgIpc) is 3.07. The number of aromatic amines is 1. The molecule has 3 heterocycles. The highest BCUT2D eigenvalue weighted by Crippen LogP contribution is 2.40. The third kappa shape index (κ3) is 2.49. The highest BCUT2D eigenvalue weighted by atomic mass is 15.3. The molecule has 5 nitrogen and oxygen atoms in total. The van der Waals surface area contributed by atoms with E-state index in [2.05, 4.69) is 33.4 Å². The number of pyridine rings is 1. The van der Waals surface area contributed by atoms with Gasteiger partial charge in [0.15, 0.2) is 0 Å². The van der Waals surface area contributed by atoms with Crippen LogP contribution in [-0.2, 0) is 0 Å². The molecule has 0 amide bonds. The number of fused-ring (bicyclic) bond motifs is 1. The summed E-state index contributed by atoms with van der Waals surface area (Å²) >= 11 is 0. The van der Waals surface area contributed by atoms with Crippen LogP contribution in [0.25, 0.3) is 11.1 Å². The van der Waals surface area contributed by atoms with Gasteiger partial charge in [0, 0.05) is 30.9 Å². The maximum absolute atomic E-state index is 6.39. The van der Waals surface area contributed by atoms with Gasteiger partial charge in [-0.05, 0) is 30.6 Å². The van der Waals surface area contributed by atoms with Gasteiger partial charge in [0.2, 0.25) is 0 Å². The predicted molar refractivity (Wildman–Crippen MR) is 93.2 cm³/mol. The topological polar surface area (TPSA) is 70.8 Å². The van der Waals surface area contributed by atoms with E-state index >= 15 is 0 Å². The monoisotopic (exact) mass is 305 g/mol. The molecule has 0 fully saturated rings. The van der Waals surface area contributed by atoms with Gasteiger partial charge < -0.3 is 15.6 Å². The summed E-state index contributed by atoms with van der Waals surface area (Å²) in [6, 6.07) is 3.92. The number of nitrogens with one attached hydrogen (secondary N) is 1. The van der Waals surface area contributed by atoms with Crippen LogP contribution >= 0.6 is 0 Å². The number of nitrogens with zero attached hydrogens (tertiary/aromatic N) is 3. The fourth-order valence-corrected chi connectivity index (χ4v) is 2.66. The van der Waals surface area contributed by atoms with Crippen LogP contribution in [0.2, 0.25) is 0 Å². The number of H-pyrrole nitrogens is 1. The quantitative estimate of drug-likeness (QED) is 0.837. The molecule has 0 bridgehead atoms. The summed E-state index contributed by atoms with van der Waals surface area (Å²) in [5, 5.41) is 0. The lowest BCUT2D eigenvalue weighted by Gasteiger charge is -2.32. The zero-order valence-electron chi connectivity index (χ0n) is 13.3. The molecule has 0 saturated carbocycles. The predicted octanol–water partition coefficient (Wildman–Crippen LogP) is 2.75.